The second kappa shape index (κ2) is 7.84. The van der Waals surface area contributed by atoms with Crippen LogP contribution in [0.15, 0.2) is 30.3 Å². The zero-order valence-electron chi connectivity index (χ0n) is 11.1. The predicted molar refractivity (Wildman–Crippen MR) is 72.1 cm³/mol. The van der Waals surface area contributed by atoms with E-state index in [2.05, 4.69) is 5.32 Å². The fraction of sp³-hybridized carbons (Fsp3) is 0.500. The summed E-state index contributed by atoms with van der Waals surface area (Å²) < 4.78 is 0. The highest BCUT2D eigenvalue weighted by Gasteiger charge is 2.20. The van der Waals surface area contributed by atoms with Crippen molar-refractivity contribution in [2.75, 3.05) is 19.7 Å². The van der Waals surface area contributed by atoms with Crippen LogP contribution in [-0.2, 0) is 11.3 Å². The second-order valence-electron chi connectivity index (χ2n) is 4.25. The lowest BCUT2D eigenvalue weighted by atomic mass is 10.1. The molecule has 0 aliphatic heterocycles. The number of aliphatic hydroxyl groups excluding tert-OH is 1. The zero-order chi connectivity index (χ0) is 13.4. The number of benzene rings is 1. The number of likely N-dealkylation sites (N-methyl/N-ethyl adjacent to an activating group) is 1. The van der Waals surface area contributed by atoms with E-state index in [9.17, 15) is 4.79 Å². The van der Waals surface area contributed by atoms with Crippen LogP contribution in [0.5, 0.6) is 0 Å². The van der Waals surface area contributed by atoms with Gasteiger partial charge in [0, 0.05) is 19.6 Å². The molecule has 0 radical (unpaired) electrons. The van der Waals surface area contributed by atoms with E-state index >= 15 is 0 Å². The Balaban J connectivity index is 2.67. The average molecular weight is 250 g/mol. The molecule has 2 N–H and O–H groups in total. The van der Waals surface area contributed by atoms with Crippen molar-refractivity contribution in [3.8, 4) is 0 Å². The van der Waals surface area contributed by atoms with E-state index in [-0.39, 0.29) is 18.6 Å². The summed E-state index contributed by atoms with van der Waals surface area (Å²) in [6, 6.07) is 9.72. The molecule has 1 atom stereocenters. The van der Waals surface area contributed by atoms with Crippen LogP contribution in [0.4, 0.5) is 0 Å². The van der Waals surface area contributed by atoms with Gasteiger partial charge >= 0.3 is 0 Å². The number of rotatable bonds is 7. The zero-order valence-corrected chi connectivity index (χ0v) is 11.1. The van der Waals surface area contributed by atoms with Crippen molar-refractivity contribution in [3.63, 3.8) is 0 Å². The van der Waals surface area contributed by atoms with Crippen LogP contribution in [-0.4, -0.2) is 41.7 Å². The van der Waals surface area contributed by atoms with E-state index in [4.69, 9.17) is 5.11 Å². The molecule has 0 heterocycles. The minimum Gasteiger partial charge on any atom is -0.395 e. The Kier molecular flexibility index (Phi) is 6.39. The predicted octanol–water partition coefficient (Wildman–Crippen LogP) is 1.01. The van der Waals surface area contributed by atoms with Crippen LogP contribution in [0.3, 0.4) is 0 Å². The maximum absolute atomic E-state index is 11.8. The fourth-order valence-electron chi connectivity index (χ4n) is 1.84. The molecule has 1 aromatic rings. The molecule has 0 spiro atoms. The van der Waals surface area contributed by atoms with E-state index in [1.807, 2.05) is 49.1 Å². The van der Waals surface area contributed by atoms with Gasteiger partial charge in [0.05, 0.1) is 12.6 Å². The average Bonchev–Trinajstić information content (AvgIpc) is 2.39. The lowest BCUT2D eigenvalue weighted by Crippen LogP contribution is -2.45. The van der Waals surface area contributed by atoms with E-state index in [0.717, 1.165) is 5.56 Å². The highest BCUT2D eigenvalue weighted by atomic mass is 16.3. The molecule has 0 aliphatic carbocycles. The summed E-state index contributed by atoms with van der Waals surface area (Å²) in [6.45, 7) is 5.60. The number of nitrogens with one attached hydrogen (secondary N) is 1. The first-order valence-electron chi connectivity index (χ1n) is 6.35. The van der Waals surface area contributed by atoms with Crippen molar-refractivity contribution in [3.05, 3.63) is 35.9 Å². The van der Waals surface area contributed by atoms with Gasteiger partial charge in [-0.15, -0.1) is 0 Å². The molecular weight excluding hydrogens is 228 g/mol. The summed E-state index contributed by atoms with van der Waals surface area (Å²) in [5, 5.41) is 11.9. The minimum atomic E-state index is -0.239. The third kappa shape index (κ3) is 4.47. The van der Waals surface area contributed by atoms with Crippen molar-refractivity contribution >= 4 is 5.91 Å². The molecule has 4 heteroatoms. The smallest absolute Gasteiger partial charge is 0.237 e. The Hall–Kier alpha value is -1.39. The number of amides is 1. The standard InChI is InChI=1S/C14H22N2O2/c1-3-15-14(18)12(2)16(9-10-17)11-13-7-5-4-6-8-13/h4-8,12,17H,3,9-11H2,1-2H3,(H,15,18). The monoisotopic (exact) mass is 250 g/mol. The van der Waals surface area contributed by atoms with Gasteiger partial charge in [0.15, 0.2) is 0 Å². The number of aliphatic hydroxyl groups is 1. The van der Waals surface area contributed by atoms with Crippen LogP contribution in [0.1, 0.15) is 19.4 Å². The first kappa shape index (κ1) is 14.7. The summed E-state index contributed by atoms with van der Waals surface area (Å²) in [4.78, 5) is 13.8. The molecule has 1 unspecified atom stereocenters. The molecule has 0 bridgehead atoms. The maximum Gasteiger partial charge on any atom is 0.237 e. The first-order valence-corrected chi connectivity index (χ1v) is 6.35. The third-order valence-corrected chi connectivity index (χ3v) is 2.89. The third-order valence-electron chi connectivity index (χ3n) is 2.89. The summed E-state index contributed by atoms with van der Waals surface area (Å²) in [7, 11) is 0. The topological polar surface area (TPSA) is 52.6 Å². The number of hydrogen-bond donors (Lipinski definition) is 2. The van der Waals surface area contributed by atoms with Gasteiger partial charge in [-0.25, -0.2) is 0 Å². The summed E-state index contributed by atoms with van der Waals surface area (Å²) >= 11 is 0. The van der Waals surface area contributed by atoms with Gasteiger partial charge in [-0.1, -0.05) is 30.3 Å². The van der Waals surface area contributed by atoms with Crippen LogP contribution in [0, 0.1) is 0 Å². The van der Waals surface area contributed by atoms with Gasteiger partial charge in [-0.2, -0.15) is 0 Å². The molecule has 1 rings (SSSR count). The highest BCUT2D eigenvalue weighted by Crippen LogP contribution is 2.08. The summed E-state index contributed by atoms with van der Waals surface area (Å²) in [5.41, 5.74) is 1.14. The number of carbonyl (C=O) groups excluding carboxylic acids is 1. The van der Waals surface area contributed by atoms with Gasteiger partial charge in [-0.05, 0) is 19.4 Å². The van der Waals surface area contributed by atoms with Gasteiger partial charge in [-0.3, -0.25) is 9.69 Å². The minimum absolute atomic E-state index is 0.00174. The molecule has 18 heavy (non-hydrogen) atoms. The van der Waals surface area contributed by atoms with E-state index < -0.39 is 0 Å². The maximum atomic E-state index is 11.8. The van der Waals surface area contributed by atoms with E-state index in [1.54, 1.807) is 0 Å². The van der Waals surface area contributed by atoms with Crippen LogP contribution >= 0.6 is 0 Å². The van der Waals surface area contributed by atoms with Crippen molar-refractivity contribution in [1.82, 2.24) is 10.2 Å². The van der Waals surface area contributed by atoms with Crippen LogP contribution in [0.25, 0.3) is 0 Å². The Morgan fingerprint density at radius 2 is 2.06 bits per heavy atom. The van der Waals surface area contributed by atoms with Crippen molar-refractivity contribution in [1.29, 1.82) is 0 Å². The molecule has 0 saturated carbocycles. The lowest BCUT2D eigenvalue weighted by molar-refractivity contribution is -0.126. The van der Waals surface area contributed by atoms with Crippen LogP contribution < -0.4 is 5.32 Å². The molecule has 1 amide bonds. The lowest BCUT2D eigenvalue weighted by Gasteiger charge is -2.27. The fourth-order valence-corrected chi connectivity index (χ4v) is 1.84. The Labute approximate surface area is 109 Å². The van der Waals surface area contributed by atoms with Gasteiger partial charge in [0.2, 0.25) is 5.91 Å². The van der Waals surface area contributed by atoms with Gasteiger partial charge < -0.3 is 10.4 Å². The largest absolute Gasteiger partial charge is 0.395 e. The molecule has 1 aromatic carbocycles. The van der Waals surface area contributed by atoms with Gasteiger partial charge in [0.1, 0.15) is 0 Å². The normalized spacial score (nSPS) is 12.4. The van der Waals surface area contributed by atoms with Gasteiger partial charge in [0.25, 0.3) is 0 Å². The molecule has 0 fully saturated rings. The van der Waals surface area contributed by atoms with Crippen molar-refractivity contribution in [2.24, 2.45) is 0 Å². The molecule has 100 valence electrons. The number of hydrogen-bond acceptors (Lipinski definition) is 3. The van der Waals surface area contributed by atoms with E-state index in [0.29, 0.717) is 19.6 Å². The summed E-state index contributed by atoms with van der Waals surface area (Å²) in [6.07, 6.45) is 0. The van der Waals surface area contributed by atoms with E-state index in [1.165, 1.54) is 0 Å². The number of nitrogens with zero attached hydrogens (tertiary/aromatic N) is 1. The highest BCUT2D eigenvalue weighted by molar-refractivity contribution is 5.81. The quantitative estimate of drug-likeness (QED) is 0.759. The summed E-state index contributed by atoms with van der Waals surface area (Å²) in [5.74, 6) is 0.00174. The molecule has 4 nitrogen and oxygen atoms in total. The SMILES string of the molecule is CCNC(=O)C(C)N(CCO)Cc1ccccc1. The first-order chi connectivity index (χ1) is 8.69. The van der Waals surface area contributed by atoms with Crippen molar-refractivity contribution in [2.45, 2.75) is 26.4 Å². The Morgan fingerprint density at radius 1 is 1.39 bits per heavy atom. The molecule has 0 aliphatic rings. The Morgan fingerprint density at radius 3 is 2.61 bits per heavy atom. The molecule has 0 saturated heterocycles. The number of carbonyl (C=O) groups is 1. The molecular formula is C14H22N2O2. The van der Waals surface area contributed by atoms with Crippen molar-refractivity contribution < 1.29 is 9.90 Å². The molecule has 0 aromatic heterocycles. The second-order valence-corrected chi connectivity index (χ2v) is 4.25. The Bertz CT molecular complexity index is 354. The van der Waals surface area contributed by atoms with Crippen LogP contribution in [0.2, 0.25) is 0 Å².